The van der Waals surface area contributed by atoms with Crippen molar-refractivity contribution in [3.63, 3.8) is 0 Å². The first-order chi connectivity index (χ1) is 17.1. The number of hydrogen-bond donors (Lipinski definition) is 0. The summed E-state index contributed by atoms with van der Waals surface area (Å²) in [5.74, 6) is 1.49. The molecule has 0 N–H and O–H groups in total. The lowest BCUT2D eigenvalue weighted by atomic mass is 9.84. The zero-order valence-electron chi connectivity index (χ0n) is 18.7. The van der Waals surface area contributed by atoms with Gasteiger partial charge in [-0.25, -0.2) is 24.3 Å². The molecular weight excluding hydrogens is 493 g/mol. The predicted octanol–water partition coefficient (Wildman–Crippen LogP) is 4.48. The summed E-state index contributed by atoms with van der Waals surface area (Å²) in [5, 5.41) is 2.40. The quantitative estimate of drug-likeness (QED) is 0.386. The SMILES string of the molecule is COc1ccc(-c2csc3c(OC4C5COCC4CN(c4ncc(Cl)cn4)C5)ncnc23)c(F)c1. The molecule has 4 aromatic rings. The van der Waals surface area contributed by atoms with Crippen LogP contribution in [0, 0.1) is 17.7 Å². The molecule has 180 valence electrons. The second kappa shape index (κ2) is 9.18. The Kier molecular flexibility index (Phi) is 5.87. The average molecular weight is 514 g/mol. The first-order valence-corrected chi connectivity index (χ1v) is 12.4. The van der Waals surface area contributed by atoms with Crippen molar-refractivity contribution in [2.24, 2.45) is 11.8 Å². The number of fused-ring (bicyclic) bond motifs is 3. The zero-order valence-corrected chi connectivity index (χ0v) is 20.3. The Morgan fingerprint density at radius 2 is 1.86 bits per heavy atom. The van der Waals surface area contributed by atoms with Gasteiger partial charge in [0.2, 0.25) is 11.8 Å². The lowest BCUT2D eigenvalue weighted by Crippen LogP contribution is -2.58. The minimum Gasteiger partial charge on any atom is -0.497 e. The van der Waals surface area contributed by atoms with Crippen LogP contribution in [0.5, 0.6) is 11.6 Å². The first-order valence-electron chi connectivity index (χ1n) is 11.1. The molecule has 3 aromatic heterocycles. The molecule has 1 aromatic carbocycles. The average Bonchev–Trinajstić information content (AvgIpc) is 3.29. The topological polar surface area (TPSA) is 82.5 Å². The van der Waals surface area contributed by atoms with E-state index < -0.39 is 0 Å². The molecule has 2 aliphatic heterocycles. The molecule has 2 bridgehead atoms. The Hall–Kier alpha value is -3.08. The lowest BCUT2D eigenvalue weighted by molar-refractivity contribution is -0.0764. The van der Waals surface area contributed by atoms with Gasteiger partial charge in [-0.1, -0.05) is 11.6 Å². The minimum atomic E-state index is -0.367. The fourth-order valence-corrected chi connectivity index (χ4v) is 5.85. The summed E-state index contributed by atoms with van der Waals surface area (Å²) in [6.45, 7) is 2.55. The standard InChI is InChI=1S/C24H21ClFN5O3S/c1-32-16-2-3-17(19(26)4-16)18-11-35-22-20(18)29-12-30-23(22)34-21-13-7-31(8-14(21)10-33-9-13)24-27-5-15(25)6-28-24/h2-6,11-14,21H,7-10H2,1H3. The van der Waals surface area contributed by atoms with Gasteiger partial charge in [-0.3, -0.25) is 0 Å². The van der Waals surface area contributed by atoms with Crippen LogP contribution in [0.3, 0.4) is 0 Å². The third-order valence-electron chi connectivity index (χ3n) is 6.43. The molecule has 8 nitrogen and oxygen atoms in total. The highest BCUT2D eigenvalue weighted by atomic mass is 35.5. The third-order valence-corrected chi connectivity index (χ3v) is 7.58. The fraction of sp³-hybridized carbons (Fsp3) is 0.333. The number of methoxy groups -OCH3 is 1. The molecule has 2 saturated heterocycles. The van der Waals surface area contributed by atoms with E-state index in [4.69, 9.17) is 25.8 Å². The molecule has 6 rings (SSSR count). The molecule has 5 heterocycles. The van der Waals surface area contributed by atoms with Crippen LogP contribution >= 0.6 is 22.9 Å². The van der Waals surface area contributed by atoms with Crippen molar-refractivity contribution in [3.05, 3.63) is 53.1 Å². The van der Waals surface area contributed by atoms with Crippen LogP contribution < -0.4 is 14.4 Å². The number of anilines is 1. The molecule has 2 atom stereocenters. The van der Waals surface area contributed by atoms with Crippen molar-refractivity contribution in [2.45, 2.75) is 6.10 Å². The second-order valence-corrected chi connectivity index (χ2v) is 9.91. The van der Waals surface area contributed by atoms with Gasteiger partial charge < -0.3 is 19.1 Å². The number of halogens is 2. The van der Waals surface area contributed by atoms with Crippen LogP contribution in [-0.4, -0.2) is 59.5 Å². The van der Waals surface area contributed by atoms with E-state index in [0.717, 1.165) is 4.70 Å². The van der Waals surface area contributed by atoms with Crippen LogP contribution in [0.25, 0.3) is 21.3 Å². The van der Waals surface area contributed by atoms with Crippen molar-refractivity contribution < 1.29 is 18.6 Å². The Labute approximate surface area is 209 Å². The van der Waals surface area contributed by atoms with E-state index in [0.29, 0.717) is 65.5 Å². The van der Waals surface area contributed by atoms with Crippen molar-refractivity contribution in [1.29, 1.82) is 0 Å². The highest BCUT2D eigenvalue weighted by Crippen LogP contribution is 2.40. The van der Waals surface area contributed by atoms with E-state index in [1.54, 1.807) is 24.5 Å². The number of ether oxygens (including phenoxy) is 3. The van der Waals surface area contributed by atoms with E-state index in [1.165, 1.54) is 30.8 Å². The molecular formula is C24H21ClFN5O3S. The number of hydrogen-bond acceptors (Lipinski definition) is 9. The molecule has 35 heavy (non-hydrogen) atoms. The summed E-state index contributed by atoms with van der Waals surface area (Å²) in [4.78, 5) is 19.8. The molecule has 11 heteroatoms. The van der Waals surface area contributed by atoms with Crippen LogP contribution in [0.4, 0.5) is 10.3 Å². The van der Waals surface area contributed by atoms with E-state index in [-0.39, 0.29) is 23.8 Å². The molecule has 2 unspecified atom stereocenters. The van der Waals surface area contributed by atoms with Crippen LogP contribution in [0.2, 0.25) is 5.02 Å². The van der Waals surface area contributed by atoms with Gasteiger partial charge in [0.25, 0.3) is 0 Å². The van der Waals surface area contributed by atoms with Crippen molar-refractivity contribution in [3.8, 4) is 22.8 Å². The van der Waals surface area contributed by atoms with Gasteiger partial charge in [0.05, 0.1) is 43.3 Å². The van der Waals surface area contributed by atoms with Crippen molar-refractivity contribution >= 4 is 39.1 Å². The molecule has 2 aliphatic rings. The Morgan fingerprint density at radius 3 is 2.57 bits per heavy atom. The molecule has 0 spiro atoms. The Balaban J connectivity index is 1.28. The molecule has 0 radical (unpaired) electrons. The third kappa shape index (κ3) is 4.15. The van der Waals surface area contributed by atoms with E-state index >= 15 is 0 Å². The lowest BCUT2D eigenvalue weighted by Gasteiger charge is -2.46. The molecule has 0 aliphatic carbocycles. The zero-order chi connectivity index (χ0) is 23.9. The summed E-state index contributed by atoms with van der Waals surface area (Å²) in [6, 6.07) is 4.81. The first kappa shape index (κ1) is 22.4. The number of nitrogens with zero attached hydrogens (tertiary/aromatic N) is 5. The largest absolute Gasteiger partial charge is 0.497 e. The Bertz CT molecular complexity index is 1360. The number of benzene rings is 1. The van der Waals surface area contributed by atoms with Gasteiger partial charge in [0.1, 0.15) is 28.7 Å². The maximum Gasteiger partial charge on any atom is 0.235 e. The van der Waals surface area contributed by atoms with Crippen molar-refractivity contribution in [1.82, 2.24) is 19.9 Å². The molecule has 2 fully saturated rings. The monoisotopic (exact) mass is 513 g/mol. The van der Waals surface area contributed by atoms with E-state index in [9.17, 15) is 4.39 Å². The van der Waals surface area contributed by atoms with Gasteiger partial charge in [0, 0.05) is 47.5 Å². The minimum absolute atomic E-state index is 0.0753. The van der Waals surface area contributed by atoms with Gasteiger partial charge in [0.15, 0.2) is 0 Å². The van der Waals surface area contributed by atoms with Crippen LogP contribution in [-0.2, 0) is 4.74 Å². The summed E-state index contributed by atoms with van der Waals surface area (Å²) in [7, 11) is 1.51. The van der Waals surface area contributed by atoms with E-state index in [2.05, 4.69) is 24.8 Å². The normalized spacial score (nSPS) is 21.8. The van der Waals surface area contributed by atoms with Crippen LogP contribution in [0.15, 0.2) is 42.3 Å². The summed E-state index contributed by atoms with van der Waals surface area (Å²) in [5.41, 5.74) is 1.83. The van der Waals surface area contributed by atoms with Gasteiger partial charge >= 0.3 is 0 Å². The summed E-state index contributed by atoms with van der Waals surface area (Å²) >= 11 is 7.40. The van der Waals surface area contributed by atoms with Crippen LogP contribution in [0.1, 0.15) is 0 Å². The van der Waals surface area contributed by atoms with Gasteiger partial charge in [-0.05, 0) is 12.1 Å². The second-order valence-electron chi connectivity index (χ2n) is 8.60. The van der Waals surface area contributed by atoms with E-state index in [1.807, 2.05) is 5.38 Å². The highest BCUT2D eigenvalue weighted by Gasteiger charge is 2.43. The highest BCUT2D eigenvalue weighted by molar-refractivity contribution is 7.18. The maximum absolute atomic E-state index is 14.8. The number of piperidine rings is 1. The predicted molar refractivity (Wildman–Crippen MR) is 131 cm³/mol. The number of thiophene rings is 1. The van der Waals surface area contributed by atoms with Gasteiger partial charge in [-0.2, -0.15) is 0 Å². The summed E-state index contributed by atoms with van der Waals surface area (Å²) < 4.78 is 33.1. The number of aromatic nitrogens is 4. The Morgan fingerprint density at radius 1 is 1.09 bits per heavy atom. The maximum atomic E-state index is 14.8. The van der Waals surface area contributed by atoms with Crippen molar-refractivity contribution in [2.75, 3.05) is 38.3 Å². The number of rotatable bonds is 5. The fourth-order valence-electron chi connectivity index (χ4n) is 4.80. The smallest absolute Gasteiger partial charge is 0.235 e. The molecule has 0 amide bonds. The van der Waals surface area contributed by atoms with Gasteiger partial charge in [-0.15, -0.1) is 11.3 Å². The molecule has 0 saturated carbocycles. The summed E-state index contributed by atoms with van der Waals surface area (Å²) in [6.07, 6.45) is 4.61.